The van der Waals surface area contributed by atoms with E-state index in [4.69, 9.17) is 4.74 Å². The van der Waals surface area contributed by atoms with E-state index >= 15 is 0 Å². The largest absolute Gasteiger partial charge is 0.356 e. The van der Waals surface area contributed by atoms with Crippen LogP contribution in [-0.2, 0) is 4.74 Å². The molecule has 2 fully saturated rings. The Labute approximate surface area is 72.5 Å². The summed E-state index contributed by atoms with van der Waals surface area (Å²) < 4.78 is 5.52. The molecular weight excluding hydrogens is 156 g/mol. The molecule has 4 nitrogen and oxygen atoms in total. The van der Waals surface area contributed by atoms with Crippen molar-refractivity contribution in [3.05, 3.63) is 0 Å². The van der Waals surface area contributed by atoms with Crippen molar-refractivity contribution in [3.63, 3.8) is 0 Å². The van der Waals surface area contributed by atoms with Gasteiger partial charge in [0.15, 0.2) is 0 Å². The first-order valence-corrected chi connectivity index (χ1v) is 4.49. The molecule has 2 atom stereocenters. The summed E-state index contributed by atoms with van der Waals surface area (Å²) in [6.07, 6.45) is 1.49. The average Bonchev–Trinajstić information content (AvgIpc) is 2.29. The Morgan fingerprint density at radius 3 is 3.00 bits per heavy atom. The molecular formula is C8H16N2O2. The van der Waals surface area contributed by atoms with Crippen molar-refractivity contribution in [2.75, 3.05) is 26.7 Å². The zero-order chi connectivity index (χ0) is 8.60. The molecule has 4 heteroatoms. The zero-order valence-corrected chi connectivity index (χ0v) is 7.42. The summed E-state index contributed by atoms with van der Waals surface area (Å²) in [7, 11) is 1.88. The van der Waals surface area contributed by atoms with Crippen molar-refractivity contribution >= 4 is 0 Å². The first-order valence-electron chi connectivity index (χ1n) is 4.49. The highest BCUT2D eigenvalue weighted by atomic mass is 16.7. The normalized spacial score (nSPS) is 44.0. The third kappa shape index (κ3) is 1.35. The highest BCUT2D eigenvalue weighted by Crippen LogP contribution is 2.29. The summed E-state index contributed by atoms with van der Waals surface area (Å²) in [6, 6.07) is 0. The number of hydrogen-bond donors (Lipinski definition) is 2. The van der Waals surface area contributed by atoms with Gasteiger partial charge in [0, 0.05) is 13.1 Å². The fourth-order valence-corrected chi connectivity index (χ4v) is 2.06. The molecule has 0 radical (unpaired) electrons. The highest BCUT2D eigenvalue weighted by Gasteiger charge is 2.43. The van der Waals surface area contributed by atoms with Crippen LogP contribution in [0.3, 0.4) is 0 Å². The fraction of sp³-hybridized carbons (Fsp3) is 1.00. The SMILES string of the molecule is CN1C[C@@]2(CCCNC2)OC1O. The van der Waals surface area contributed by atoms with Crippen molar-refractivity contribution in [1.29, 1.82) is 0 Å². The van der Waals surface area contributed by atoms with Gasteiger partial charge in [-0.15, -0.1) is 0 Å². The Morgan fingerprint density at radius 2 is 2.50 bits per heavy atom. The first kappa shape index (κ1) is 8.44. The number of ether oxygens (including phenoxy) is 1. The lowest BCUT2D eigenvalue weighted by Gasteiger charge is -2.32. The average molecular weight is 172 g/mol. The van der Waals surface area contributed by atoms with Crippen LogP contribution in [0.2, 0.25) is 0 Å². The molecule has 0 aromatic rings. The van der Waals surface area contributed by atoms with Crippen molar-refractivity contribution < 1.29 is 9.84 Å². The number of nitrogens with zero attached hydrogens (tertiary/aromatic N) is 1. The maximum Gasteiger partial charge on any atom is 0.216 e. The minimum absolute atomic E-state index is 0.119. The molecule has 0 amide bonds. The lowest BCUT2D eigenvalue weighted by molar-refractivity contribution is -0.174. The molecule has 1 spiro atoms. The van der Waals surface area contributed by atoms with Gasteiger partial charge in [0.05, 0.1) is 5.60 Å². The minimum atomic E-state index is -0.704. The predicted octanol–water partition coefficient (Wildman–Crippen LogP) is -0.653. The van der Waals surface area contributed by atoms with Gasteiger partial charge in [0.2, 0.25) is 6.41 Å². The summed E-state index contributed by atoms with van der Waals surface area (Å²) >= 11 is 0. The van der Waals surface area contributed by atoms with Gasteiger partial charge in [-0.05, 0) is 26.4 Å². The van der Waals surface area contributed by atoms with E-state index in [0.29, 0.717) is 0 Å². The molecule has 0 aromatic heterocycles. The van der Waals surface area contributed by atoms with Crippen molar-refractivity contribution in [3.8, 4) is 0 Å². The third-order valence-electron chi connectivity index (χ3n) is 2.70. The van der Waals surface area contributed by atoms with E-state index in [1.165, 1.54) is 0 Å². The minimum Gasteiger partial charge on any atom is -0.356 e. The zero-order valence-electron chi connectivity index (χ0n) is 7.42. The van der Waals surface area contributed by atoms with E-state index in [9.17, 15) is 5.11 Å². The van der Waals surface area contributed by atoms with Gasteiger partial charge in [-0.3, -0.25) is 4.90 Å². The van der Waals surface area contributed by atoms with Gasteiger partial charge in [0.25, 0.3) is 0 Å². The Hall–Kier alpha value is -0.160. The van der Waals surface area contributed by atoms with Crippen LogP contribution in [0.25, 0.3) is 0 Å². The molecule has 2 rings (SSSR count). The number of aliphatic hydroxyl groups excluding tert-OH is 1. The van der Waals surface area contributed by atoms with Crippen molar-refractivity contribution in [1.82, 2.24) is 10.2 Å². The Morgan fingerprint density at radius 1 is 1.67 bits per heavy atom. The molecule has 0 saturated carbocycles. The van der Waals surface area contributed by atoms with Crippen LogP contribution in [0.15, 0.2) is 0 Å². The second kappa shape index (κ2) is 2.96. The Kier molecular flexibility index (Phi) is 2.08. The summed E-state index contributed by atoms with van der Waals surface area (Å²) in [5.41, 5.74) is -0.119. The topological polar surface area (TPSA) is 44.7 Å². The summed E-state index contributed by atoms with van der Waals surface area (Å²) in [5.74, 6) is 0. The van der Waals surface area contributed by atoms with E-state index in [2.05, 4.69) is 5.32 Å². The lowest BCUT2D eigenvalue weighted by Crippen LogP contribution is -2.48. The van der Waals surface area contributed by atoms with Gasteiger partial charge in [-0.2, -0.15) is 0 Å². The second-order valence-corrected chi connectivity index (χ2v) is 3.82. The fourth-order valence-electron chi connectivity index (χ4n) is 2.06. The first-order chi connectivity index (χ1) is 5.72. The second-order valence-electron chi connectivity index (χ2n) is 3.82. The quantitative estimate of drug-likeness (QED) is 0.509. The number of piperidine rings is 1. The molecule has 2 saturated heterocycles. The molecule has 2 aliphatic rings. The molecule has 0 aliphatic carbocycles. The van der Waals surface area contributed by atoms with Gasteiger partial charge in [0.1, 0.15) is 0 Å². The van der Waals surface area contributed by atoms with Crippen molar-refractivity contribution in [2.24, 2.45) is 0 Å². The van der Waals surface area contributed by atoms with E-state index < -0.39 is 6.41 Å². The smallest absolute Gasteiger partial charge is 0.216 e. The van der Waals surface area contributed by atoms with Crippen molar-refractivity contribution in [2.45, 2.75) is 24.9 Å². The van der Waals surface area contributed by atoms with Gasteiger partial charge < -0.3 is 15.2 Å². The van der Waals surface area contributed by atoms with Crippen LogP contribution in [-0.4, -0.2) is 48.7 Å². The van der Waals surface area contributed by atoms with Gasteiger partial charge in [-0.25, -0.2) is 0 Å². The Bertz CT molecular complexity index is 156. The Balaban J connectivity index is 2.02. The summed E-state index contributed by atoms with van der Waals surface area (Å²) in [5, 5.41) is 12.7. The number of rotatable bonds is 0. The molecule has 1 unspecified atom stereocenters. The van der Waals surface area contributed by atoms with E-state index in [1.807, 2.05) is 11.9 Å². The number of likely N-dealkylation sites (N-methyl/N-ethyl adjacent to an activating group) is 1. The monoisotopic (exact) mass is 172 g/mol. The van der Waals surface area contributed by atoms with Crippen LogP contribution in [0.1, 0.15) is 12.8 Å². The lowest BCUT2D eigenvalue weighted by atomic mass is 9.94. The predicted molar refractivity (Wildman–Crippen MR) is 44.6 cm³/mol. The maximum atomic E-state index is 9.39. The standard InChI is InChI=1S/C8H16N2O2/c1-10-6-8(12-7(10)11)3-2-4-9-5-8/h7,9,11H,2-6H2,1H3/t7?,8-/m0/s1. The summed E-state index contributed by atoms with van der Waals surface area (Å²) in [4.78, 5) is 1.84. The third-order valence-corrected chi connectivity index (χ3v) is 2.70. The van der Waals surface area contributed by atoms with Crippen LogP contribution in [0.4, 0.5) is 0 Å². The number of hydrogen-bond acceptors (Lipinski definition) is 4. The molecule has 2 heterocycles. The molecule has 0 bridgehead atoms. The van der Waals surface area contributed by atoms with Crippen LogP contribution >= 0.6 is 0 Å². The number of aliphatic hydroxyl groups is 1. The van der Waals surface area contributed by atoms with E-state index in [1.54, 1.807) is 0 Å². The van der Waals surface area contributed by atoms with Crippen LogP contribution < -0.4 is 5.32 Å². The van der Waals surface area contributed by atoms with Gasteiger partial charge in [-0.1, -0.05) is 0 Å². The van der Waals surface area contributed by atoms with Gasteiger partial charge >= 0.3 is 0 Å². The molecule has 12 heavy (non-hydrogen) atoms. The van der Waals surface area contributed by atoms with Crippen LogP contribution in [0.5, 0.6) is 0 Å². The highest BCUT2D eigenvalue weighted by molar-refractivity contribution is 4.93. The maximum absolute atomic E-state index is 9.39. The molecule has 2 aliphatic heterocycles. The van der Waals surface area contributed by atoms with Crippen LogP contribution in [0, 0.1) is 0 Å². The number of nitrogens with one attached hydrogen (secondary N) is 1. The van der Waals surface area contributed by atoms with E-state index in [-0.39, 0.29) is 5.60 Å². The summed E-state index contributed by atoms with van der Waals surface area (Å²) in [6.45, 7) is 2.78. The van der Waals surface area contributed by atoms with E-state index in [0.717, 1.165) is 32.5 Å². The molecule has 2 N–H and O–H groups in total. The molecule has 70 valence electrons. The molecule has 0 aromatic carbocycles.